The molecule has 0 heterocycles. The Bertz CT molecular complexity index is 190. The van der Waals surface area contributed by atoms with Gasteiger partial charge in [-0.1, -0.05) is 84.0 Å². The maximum atomic E-state index is 2.29. The standard InChI is InChI=1S/C19H42N.HI.H3N/c1-5-6-7-8-9-10-11-12-13-14-15-16-17-18-19-20(2,3)4;;/h5-19H2,1-4H3;1H;1H3/q+1;;. The van der Waals surface area contributed by atoms with Crippen LogP contribution in [0.5, 0.6) is 0 Å². The van der Waals surface area contributed by atoms with Crippen molar-refractivity contribution < 1.29 is 4.48 Å². The number of quaternary nitrogens is 1. The van der Waals surface area contributed by atoms with Crippen molar-refractivity contribution in [1.29, 1.82) is 0 Å². The molecule has 0 saturated carbocycles. The average Bonchev–Trinajstić information content (AvgIpc) is 2.38. The lowest BCUT2D eigenvalue weighted by atomic mass is 10.0. The van der Waals surface area contributed by atoms with Gasteiger partial charge in [0.1, 0.15) is 0 Å². The van der Waals surface area contributed by atoms with Gasteiger partial charge in [0, 0.05) is 0 Å². The van der Waals surface area contributed by atoms with Gasteiger partial charge in [0.05, 0.1) is 27.7 Å². The summed E-state index contributed by atoms with van der Waals surface area (Å²) in [5.41, 5.74) is 0. The molecule has 0 unspecified atom stereocenters. The van der Waals surface area contributed by atoms with Gasteiger partial charge in [0.25, 0.3) is 0 Å². The molecule has 0 spiro atoms. The van der Waals surface area contributed by atoms with E-state index >= 15 is 0 Å². The molecule has 0 saturated heterocycles. The van der Waals surface area contributed by atoms with Crippen LogP contribution in [0, 0.1) is 0 Å². The summed E-state index contributed by atoms with van der Waals surface area (Å²) in [7, 11) is 6.88. The van der Waals surface area contributed by atoms with Crippen molar-refractivity contribution in [3.05, 3.63) is 0 Å². The van der Waals surface area contributed by atoms with Crippen LogP contribution in [0.3, 0.4) is 0 Å². The van der Waals surface area contributed by atoms with E-state index in [4.69, 9.17) is 0 Å². The van der Waals surface area contributed by atoms with E-state index in [1.54, 1.807) is 0 Å². The van der Waals surface area contributed by atoms with Gasteiger partial charge in [-0.2, -0.15) is 0 Å². The molecule has 3 N–H and O–H groups in total. The van der Waals surface area contributed by atoms with Crippen molar-refractivity contribution in [1.82, 2.24) is 6.15 Å². The van der Waals surface area contributed by atoms with E-state index in [9.17, 15) is 0 Å². The lowest BCUT2D eigenvalue weighted by Crippen LogP contribution is -2.35. The topological polar surface area (TPSA) is 35.0 Å². The third-order valence-corrected chi connectivity index (χ3v) is 4.18. The molecule has 0 aliphatic carbocycles. The zero-order valence-corrected chi connectivity index (χ0v) is 18.5. The van der Waals surface area contributed by atoms with E-state index in [-0.39, 0.29) is 30.1 Å². The molecular weight excluding hydrogens is 383 g/mol. The number of halogens is 1. The van der Waals surface area contributed by atoms with E-state index in [2.05, 4.69) is 28.1 Å². The number of unbranched alkanes of at least 4 members (excludes halogenated alkanes) is 13. The minimum atomic E-state index is 0. The number of hydrogen-bond acceptors (Lipinski definition) is 1. The minimum absolute atomic E-state index is 0. The van der Waals surface area contributed by atoms with Gasteiger partial charge >= 0.3 is 0 Å². The van der Waals surface area contributed by atoms with Gasteiger partial charge in [-0.25, -0.2) is 0 Å². The Balaban J connectivity index is -0.00000180. The molecule has 0 atom stereocenters. The van der Waals surface area contributed by atoms with Crippen LogP contribution in [0.2, 0.25) is 0 Å². The van der Waals surface area contributed by atoms with E-state index in [0.717, 1.165) is 4.48 Å². The first-order chi connectivity index (χ1) is 9.56. The van der Waals surface area contributed by atoms with Crippen molar-refractivity contribution in [2.75, 3.05) is 27.7 Å². The quantitative estimate of drug-likeness (QED) is 0.171. The Morgan fingerprint density at radius 2 is 0.773 bits per heavy atom. The molecule has 0 bridgehead atoms. The second kappa shape index (κ2) is 19.7. The smallest absolute Gasteiger partial charge is 0.0780 e. The maximum Gasteiger partial charge on any atom is 0.0780 e. The average molecular weight is 429 g/mol. The van der Waals surface area contributed by atoms with Crippen LogP contribution in [-0.2, 0) is 0 Å². The molecular formula is C19H46IN2+. The Morgan fingerprint density at radius 1 is 0.500 bits per heavy atom. The highest BCUT2D eigenvalue weighted by Crippen LogP contribution is 2.13. The number of hydrogen-bond donors (Lipinski definition) is 1. The monoisotopic (exact) mass is 429 g/mol. The molecule has 22 heavy (non-hydrogen) atoms. The molecule has 0 rings (SSSR count). The molecule has 0 amide bonds. The Hall–Kier alpha value is 0.650. The first-order valence-corrected chi connectivity index (χ1v) is 9.36. The Morgan fingerprint density at radius 3 is 1.05 bits per heavy atom. The molecule has 0 aliphatic heterocycles. The minimum Gasteiger partial charge on any atom is -0.344 e. The SMILES string of the molecule is CCCCCCCCCCCCCCCC[N+](C)(C)C.I.N. The predicted octanol–water partition coefficient (Wildman–Crippen LogP) is 6.95. The van der Waals surface area contributed by atoms with Crippen LogP contribution in [0.4, 0.5) is 0 Å². The highest BCUT2D eigenvalue weighted by Gasteiger charge is 2.04. The molecule has 3 heteroatoms. The molecule has 2 nitrogen and oxygen atoms in total. The third-order valence-electron chi connectivity index (χ3n) is 4.18. The van der Waals surface area contributed by atoms with E-state index in [0.29, 0.717) is 0 Å². The second-order valence-corrected chi connectivity index (χ2v) is 7.61. The Labute approximate surface area is 159 Å². The highest BCUT2D eigenvalue weighted by molar-refractivity contribution is 14.0. The van der Waals surface area contributed by atoms with Gasteiger partial charge in [-0.15, -0.1) is 24.0 Å². The van der Waals surface area contributed by atoms with Crippen LogP contribution in [0.1, 0.15) is 96.8 Å². The summed E-state index contributed by atoms with van der Waals surface area (Å²) in [6, 6.07) is 0. The number of rotatable bonds is 15. The van der Waals surface area contributed by atoms with Crippen molar-refractivity contribution in [2.24, 2.45) is 0 Å². The Kier molecular flexibility index (Phi) is 24.6. The second-order valence-electron chi connectivity index (χ2n) is 7.61. The molecule has 0 aliphatic rings. The van der Waals surface area contributed by atoms with Crippen LogP contribution in [0.15, 0.2) is 0 Å². The van der Waals surface area contributed by atoms with Crippen LogP contribution in [-0.4, -0.2) is 32.2 Å². The summed E-state index contributed by atoms with van der Waals surface area (Å²) in [5.74, 6) is 0. The fraction of sp³-hybridized carbons (Fsp3) is 1.00. The van der Waals surface area contributed by atoms with E-state index in [1.165, 1.54) is 96.4 Å². The van der Waals surface area contributed by atoms with E-state index in [1.807, 2.05) is 0 Å². The lowest BCUT2D eigenvalue weighted by Gasteiger charge is -2.23. The van der Waals surface area contributed by atoms with Crippen molar-refractivity contribution in [2.45, 2.75) is 96.8 Å². The molecule has 0 radical (unpaired) electrons. The van der Waals surface area contributed by atoms with Gasteiger partial charge in [-0.3, -0.25) is 0 Å². The van der Waals surface area contributed by atoms with Crippen LogP contribution in [0.25, 0.3) is 0 Å². The summed E-state index contributed by atoms with van der Waals surface area (Å²) in [6.45, 7) is 3.63. The van der Waals surface area contributed by atoms with Gasteiger partial charge in [0.2, 0.25) is 0 Å². The fourth-order valence-electron chi connectivity index (χ4n) is 2.78. The van der Waals surface area contributed by atoms with Crippen LogP contribution >= 0.6 is 24.0 Å². The van der Waals surface area contributed by atoms with Gasteiger partial charge in [0.15, 0.2) is 0 Å². The summed E-state index contributed by atoms with van der Waals surface area (Å²) in [6.07, 6.45) is 20.4. The molecule has 0 aromatic rings. The maximum absolute atomic E-state index is 2.29. The summed E-state index contributed by atoms with van der Waals surface area (Å²) in [5, 5.41) is 0. The summed E-state index contributed by atoms with van der Waals surface area (Å²) >= 11 is 0. The van der Waals surface area contributed by atoms with Gasteiger partial charge in [-0.05, 0) is 12.8 Å². The lowest BCUT2D eigenvalue weighted by molar-refractivity contribution is -0.870. The first kappa shape index (κ1) is 27.5. The fourth-order valence-corrected chi connectivity index (χ4v) is 2.78. The third kappa shape index (κ3) is 25.6. The normalized spacial score (nSPS) is 10.9. The predicted molar refractivity (Wildman–Crippen MR) is 114 cm³/mol. The zero-order valence-electron chi connectivity index (χ0n) is 16.2. The van der Waals surface area contributed by atoms with Gasteiger partial charge < -0.3 is 10.6 Å². The largest absolute Gasteiger partial charge is 0.344 e. The molecule has 0 aromatic heterocycles. The van der Waals surface area contributed by atoms with Crippen molar-refractivity contribution >= 4 is 24.0 Å². The number of nitrogens with zero attached hydrogens (tertiary/aromatic N) is 1. The summed E-state index contributed by atoms with van der Waals surface area (Å²) < 4.78 is 1.12. The van der Waals surface area contributed by atoms with E-state index < -0.39 is 0 Å². The molecule has 138 valence electrons. The van der Waals surface area contributed by atoms with Crippen molar-refractivity contribution in [3.63, 3.8) is 0 Å². The zero-order chi connectivity index (χ0) is 15.1. The summed E-state index contributed by atoms with van der Waals surface area (Å²) in [4.78, 5) is 0. The van der Waals surface area contributed by atoms with Crippen molar-refractivity contribution in [3.8, 4) is 0 Å². The van der Waals surface area contributed by atoms with Crippen LogP contribution < -0.4 is 6.15 Å². The first-order valence-electron chi connectivity index (χ1n) is 9.36. The highest BCUT2D eigenvalue weighted by atomic mass is 127. The molecule has 0 aromatic carbocycles. The molecule has 0 fully saturated rings.